The molecular weight excluding hydrogens is 342 g/mol. The van der Waals surface area contributed by atoms with Crippen molar-refractivity contribution >= 4 is 11.9 Å². The molecule has 1 fully saturated rings. The molecule has 0 radical (unpaired) electrons. The maximum absolute atomic E-state index is 12.9. The van der Waals surface area contributed by atoms with Crippen molar-refractivity contribution < 1.29 is 14.3 Å². The molecule has 0 aliphatic carbocycles. The third kappa shape index (κ3) is 4.06. The second-order valence-electron chi connectivity index (χ2n) is 7.17. The van der Waals surface area contributed by atoms with Crippen molar-refractivity contribution in [3.63, 3.8) is 0 Å². The maximum atomic E-state index is 12.9. The van der Waals surface area contributed by atoms with Gasteiger partial charge in [0.25, 0.3) is 5.91 Å². The molecule has 0 spiro atoms. The number of rotatable bonds is 4. The Hall–Kier alpha value is -2.60. The van der Waals surface area contributed by atoms with Gasteiger partial charge in [-0.05, 0) is 31.9 Å². The first-order valence-electron chi connectivity index (χ1n) is 9.25. The summed E-state index contributed by atoms with van der Waals surface area (Å²) in [7, 11) is 1.35. The highest BCUT2D eigenvalue weighted by Gasteiger charge is 2.27. The van der Waals surface area contributed by atoms with Gasteiger partial charge in [0, 0.05) is 38.4 Å². The predicted octanol–water partition coefficient (Wildman–Crippen LogP) is 2.68. The molecule has 1 aromatic heterocycles. The lowest BCUT2D eigenvalue weighted by Crippen LogP contribution is -2.48. The number of benzene rings is 1. The topological polar surface area (TPSA) is 65.6 Å². The Balaban J connectivity index is 1.64. The number of aromatic amines is 1. The minimum Gasteiger partial charge on any atom is -0.465 e. The van der Waals surface area contributed by atoms with Crippen LogP contribution in [-0.4, -0.2) is 59.9 Å². The molecule has 0 unspecified atom stereocenters. The molecule has 144 valence electrons. The first kappa shape index (κ1) is 19.2. The Labute approximate surface area is 160 Å². The monoisotopic (exact) mass is 369 g/mol. The van der Waals surface area contributed by atoms with E-state index in [1.54, 1.807) is 13.8 Å². The Kier molecular flexibility index (Phi) is 5.65. The molecule has 2 aromatic rings. The van der Waals surface area contributed by atoms with E-state index in [-0.39, 0.29) is 5.91 Å². The predicted molar refractivity (Wildman–Crippen MR) is 104 cm³/mol. The number of nitrogens with one attached hydrogen (secondary N) is 1. The van der Waals surface area contributed by atoms with E-state index >= 15 is 0 Å². The molecule has 27 heavy (non-hydrogen) atoms. The van der Waals surface area contributed by atoms with Crippen LogP contribution in [0, 0.1) is 20.8 Å². The van der Waals surface area contributed by atoms with Crippen molar-refractivity contribution in [2.75, 3.05) is 33.3 Å². The summed E-state index contributed by atoms with van der Waals surface area (Å²) in [6.45, 7) is 9.60. The minimum absolute atomic E-state index is 0.0547. The smallest absolute Gasteiger partial charge is 0.339 e. The molecule has 6 heteroatoms. The molecule has 1 aliphatic heterocycles. The fraction of sp³-hybridized carbons (Fsp3) is 0.429. The summed E-state index contributed by atoms with van der Waals surface area (Å²) in [5.74, 6) is -0.468. The van der Waals surface area contributed by atoms with Crippen LogP contribution in [-0.2, 0) is 11.3 Å². The van der Waals surface area contributed by atoms with Crippen molar-refractivity contribution in [1.82, 2.24) is 14.8 Å². The first-order valence-corrected chi connectivity index (χ1v) is 9.25. The Morgan fingerprint density at radius 3 is 2.44 bits per heavy atom. The Bertz CT molecular complexity index is 848. The molecule has 1 saturated heterocycles. The summed E-state index contributed by atoms with van der Waals surface area (Å²) < 4.78 is 4.82. The fourth-order valence-corrected chi connectivity index (χ4v) is 3.71. The van der Waals surface area contributed by atoms with Gasteiger partial charge in [0.15, 0.2) is 0 Å². The largest absolute Gasteiger partial charge is 0.465 e. The molecule has 2 heterocycles. The summed E-state index contributed by atoms with van der Waals surface area (Å²) >= 11 is 0. The number of amides is 1. The van der Waals surface area contributed by atoms with Gasteiger partial charge in [0.2, 0.25) is 0 Å². The quantitative estimate of drug-likeness (QED) is 0.842. The molecule has 1 aliphatic rings. The van der Waals surface area contributed by atoms with Crippen molar-refractivity contribution in [3.8, 4) is 0 Å². The lowest BCUT2D eigenvalue weighted by atomic mass is 10.1. The summed E-state index contributed by atoms with van der Waals surface area (Å²) in [6.07, 6.45) is 0. The van der Waals surface area contributed by atoms with Crippen LogP contribution < -0.4 is 0 Å². The number of esters is 1. The number of ether oxygens (including phenoxy) is 1. The normalized spacial score (nSPS) is 15.0. The number of methoxy groups -OCH3 is 1. The van der Waals surface area contributed by atoms with E-state index in [1.807, 2.05) is 4.90 Å². The Morgan fingerprint density at radius 1 is 1.11 bits per heavy atom. The number of carbonyl (C=O) groups excluding carboxylic acids is 2. The first-order chi connectivity index (χ1) is 12.9. The highest BCUT2D eigenvalue weighted by Crippen LogP contribution is 2.21. The van der Waals surface area contributed by atoms with Gasteiger partial charge in [0.1, 0.15) is 5.69 Å². The second kappa shape index (κ2) is 7.96. The fourth-order valence-electron chi connectivity index (χ4n) is 3.71. The molecule has 6 nitrogen and oxygen atoms in total. The van der Waals surface area contributed by atoms with E-state index in [4.69, 9.17) is 4.74 Å². The molecule has 0 saturated carbocycles. The SMILES string of the molecule is COC(=O)c1c(C)[nH]c(C(=O)N2CCN(Cc3cccc(C)c3)CC2)c1C. The van der Waals surface area contributed by atoms with Crippen LogP contribution in [0.3, 0.4) is 0 Å². The highest BCUT2D eigenvalue weighted by atomic mass is 16.5. The summed E-state index contributed by atoms with van der Waals surface area (Å²) in [5, 5.41) is 0. The molecule has 3 rings (SSSR count). The Morgan fingerprint density at radius 2 is 1.81 bits per heavy atom. The number of aryl methyl sites for hydroxylation is 2. The molecule has 1 N–H and O–H groups in total. The van der Waals surface area contributed by atoms with E-state index in [0.29, 0.717) is 35.6 Å². The van der Waals surface area contributed by atoms with E-state index in [0.717, 1.165) is 19.6 Å². The van der Waals surface area contributed by atoms with Gasteiger partial charge in [-0.25, -0.2) is 4.79 Å². The zero-order chi connectivity index (χ0) is 19.6. The standard InChI is InChI=1S/C21H27N3O3/c1-14-6-5-7-17(12-14)13-23-8-10-24(11-9-23)20(25)19-15(2)18(16(3)22-19)21(26)27-4/h5-7,12,22H,8-11,13H2,1-4H3. The zero-order valence-corrected chi connectivity index (χ0v) is 16.5. The second-order valence-corrected chi connectivity index (χ2v) is 7.17. The number of H-pyrrole nitrogens is 1. The number of aromatic nitrogens is 1. The minimum atomic E-state index is -0.414. The van der Waals surface area contributed by atoms with Crippen LogP contribution >= 0.6 is 0 Å². The van der Waals surface area contributed by atoms with Crippen molar-refractivity contribution in [1.29, 1.82) is 0 Å². The van der Waals surface area contributed by atoms with E-state index in [2.05, 4.69) is 41.1 Å². The average Bonchev–Trinajstić information content (AvgIpc) is 2.95. The van der Waals surface area contributed by atoms with Crippen LogP contribution in [0.1, 0.15) is 43.2 Å². The van der Waals surface area contributed by atoms with Gasteiger partial charge in [-0.2, -0.15) is 0 Å². The number of hydrogen-bond donors (Lipinski definition) is 1. The third-order valence-corrected chi connectivity index (χ3v) is 5.19. The average molecular weight is 369 g/mol. The summed E-state index contributed by atoms with van der Waals surface area (Å²) in [6, 6.07) is 8.53. The molecule has 0 atom stereocenters. The molecule has 0 bridgehead atoms. The van der Waals surface area contributed by atoms with E-state index in [9.17, 15) is 9.59 Å². The van der Waals surface area contributed by atoms with Gasteiger partial charge >= 0.3 is 5.97 Å². The van der Waals surface area contributed by atoms with Crippen LogP contribution in [0.2, 0.25) is 0 Å². The van der Waals surface area contributed by atoms with Crippen LogP contribution in [0.15, 0.2) is 24.3 Å². The zero-order valence-electron chi connectivity index (χ0n) is 16.5. The third-order valence-electron chi connectivity index (χ3n) is 5.19. The molecular formula is C21H27N3O3. The number of piperazine rings is 1. The van der Waals surface area contributed by atoms with Gasteiger partial charge in [-0.1, -0.05) is 29.8 Å². The van der Waals surface area contributed by atoms with Crippen LogP contribution in [0.5, 0.6) is 0 Å². The molecule has 1 aromatic carbocycles. The highest BCUT2D eigenvalue weighted by molar-refractivity contribution is 6.00. The van der Waals surface area contributed by atoms with Crippen LogP contribution in [0.25, 0.3) is 0 Å². The van der Waals surface area contributed by atoms with E-state index < -0.39 is 5.97 Å². The maximum Gasteiger partial charge on any atom is 0.339 e. The number of hydrogen-bond acceptors (Lipinski definition) is 4. The van der Waals surface area contributed by atoms with E-state index in [1.165, 1.54) is 18.2 Å². The van der Waals surface area contributed by atoms with Crippen molar-refractivity contribution in [2.45, 2.75) is 27.3 Å². The van der Waals surface area contributed by atoms with Gasteiger partial charge < -0.3 is 14.6 Å². The van der Waals surface area contributed by atoms with Gasteiger partial charge in [-0.15, -0.1) is 0 Å². The van der Waals surface area contributed by atoms with Crippen molar-refractivity contribution in [2.24, 2.45) is 0 Å². The number of nitrogens with zero attached hydrogens (tertiary/aromatic N) is 2. The van der Waals surface area contributed by atoms with Gasteiger partial charge in [-0.3, -0.25) is 9.69 Å². The van der Waals surface area contributed by atoms with Crippen LogP contribution in [0.4, 0.5) is 0 Å². The number of carbonyl (C=O) groups is 2. The lowest BCUT2D eigenvalue weighted by Gasteiger charge is -2.34. The summed E-state index contributed by atoms with van der Waals surface area (Å²) in [5.41, 5.74) is 4.83. The molecule has 1 amide bonds. The summed E-state index contributed by atoms with van der Waals surface area (Å²) in [4.78, 5) is 32.2. The lowest BCUT2D eigenvalue weighted by molar-refractivity contribution is 0.0599. The van der Waals surface area contributed by atoms with Crippen molar-refractivity contribution in [3.05, 3.63) is 57.9 Å². The van der Waals surface area contributed by atoms with Gasteiger partial charge in [0.05, 0.1) is 12.7 Å².